The third kappa shape index (κ3) is 4.01. The molecule has 118 valence electrons. The number of hydrogen-bond donors (Lipinski definition) is 1. The second kappa shape index (κ2) is 7.14. The summed E-state index contributed by atoms with van der Waals surface area (Å²) in [6, 6.07) is 20.7. The molecule has 0 unspecified atom stereocenters. The van der Waals surface area contributed by atoms with Gasteiger partial charge in [-0.25, -0.2) is 0 Å². The molecule has 1 amide bonds. The highest BCUT2D eigenvalue weighted by atomic mass is 16.2. The Morgan fingerprint density at radius 2 is 1.78 bits per heavy atom. The molecule has 0 saturated carbocycles. The molecule has 1 heterocycles. The number of aromatic nitrogens is 1. The van der Waals surface area contributed by atoms with Crippen molar-refractivity contribution in [3.05, 3.63) is 72.4 Å². The zero-order chi connectivity index (χ0) is 16.1. The Hall–Kier alpha value is -2.55. The lowest BCUT2D eigenvalue weighted by molar-refractivity contribution is -0.122. The molecule has 0 aliphatic carbocycles. The monoisotopic (exact) mass is 306 g/mol. The van der Waals surface area contributed by atoms with Crippen LogP contribution in [0.25, 0.3) is 10.9 Å². The summed E-state index contributed by atoms with van der Waals surface area (Å²) < 4.78 is 1.99. The van der Waals surface area contributed by atoms with E-state index in [1.807, 2.05) is 41.1 Å². The summed E-state index contributed by atoms with van der Waals surface area (Å²) >= 11 is 0. The number of fused-ring (bicyclic) bond motifs is 1. The SMILES string of the molecule is C[C@@H](CCc1ccccc1)NC(=O)Cn1ccc2ccccc21. The van der Waals surface area contributed by atoms with E-state index in [-0.39, 0.29) is 11.9 Å². The molecule has 0 fully saturated rings. The maximum Gasteiger partial charge on any atom is 0.240 e. The molecular weight excluding hydrogens is 284 g/mol. The van der Waals surface area contributed by atoms with Crippen LogP contribution >= 0.6 is 0 Å². The van der Waals surface area contributed by atoms with E-state index in [0.717, 1.165) is 23.7 Å². The summed E-state index contributed by atoms with van der Waals surface area (Å²) in [5, 5.41) is 4.26. The third-order valence-electron chi connectivity index (χ3n) is 4.11. The highest BCUT2D eigenvalue weighted by Gasteiger charge is 2.09. The van der Waals surface area contributed by atoms with Crippen molar-refractivity contribution in [3.63, 3.8) is 0 Å². The molecule has 1 aromatic heterocycles. The van der Waals surface area contributed by atoms with Crippen molar-refractivity contribution in [2.24, 2.45) is 0 Å². The quantitative estimate of drug-likeness (QED) is 0.739. The van der Waals surface area contributed by atoms with Gasteiger partial charge in [0, 0.05) is 17.8 Å². The van der Waals surface area contributed by atoms with Gasteiger partial charge in [0.2, 0.25) is 5.91 Å². The molecule has 0 saturated heterocycles. The van der Waals surface area contributed by atoms with Gasteiger partial charge in [-0.05, 0) is 42.8 Å². The van der Waals surface area contributed by atoms with Crippen LogP contribution in [0.4, 0.5) is 0 Å². The van der Waals surface area contributed by atoms with Gasteiger partial charge in [0.15, 0.2) is 0 Å². The van der Waals surface area contributed by atoms with Crippen LogP contribution < -0.4 is 5.32 Å². The van der Waals surface area contributed by atoms with Crippen molar-refractivity contribution in [3.8, 4) is 0 Å². The first-order valence-corrected chi connectivity index (χ1v) is 8.09. The fraction of sp³-hybridized carbons (Fsp3) is 0.250. The molecule has 1 N–H and O–H groups in total. The predicted molar refractivity (Wildman–Crippen MR) is 94.3 cm³/mol. The lowest BCUT2D eigenvalue weighted by Crippen LogP contribution is -2.35. The molecule has 0 bridgehead atoms. The lowest BCUT2D eigenvalue weighted by atomic mass is 10.1. The molecule has 0 aliphatic rings. The smallest absolute Gasteiger partial charge is 0.240 e. The summed E-state index contributed by atoms with van der Waals surface area (Å²) in [6.07, 6.45) is 3.90. The lowest BCUT2D eigenvalue weighted by Gasteiger charge is -2.14. The van der Waals surface area contributed by atoms with Crippen LogP contribution in [0.3, 0.4) is 0 Å². The second-order valence-electron chi connectivity index (χ2n) is 6.00. The molecule has 0 spiro atoms. The average Bonchev–Trinajstić information content (AvgIpc) is 2.97. The minimum Gasteiger partial charge on any atom is -0.352 e. The maximum absolute atomic E-state index is 12.2. The first-order valence-electron chi connectivity index (χ1n) is 8.09. The van der Waals surface area contributed by atoms with Crippen LogP contribution in [-0.2, 0) is 17.8 Å². The summed E-state index contributed by atoms with van der Waals surface area (Å²) in [7, 11) is 0. The largest absolute Gasteiger partial charge is 0.352 e. The molecule has 3 nitrogen and oxygen atoms in total. The van der Waals surface area contributed by atoms with Crippen molar-refractivity contribution in [1.29, 1.82) is 0 Å². The van der Waals surface area contributed by atoms with Crippen molar-refractivity contribution >= 4 is 16.8 Å². The minimum atomic E-state index is 0.0620. The highest BCUT2D eigenvalue weighted by molar-refractivity contribution is 5.83. The molecule has 23 heavy (non-hydrogen) atoms. The van der Waals surface area contributed by atoms with Crippen molar-refractivity contribution in [1.82, 2.24) is 9.88 Å². The number of para-hydroxylation sites is 1. The second-order valence-corrected chi connectivity index (χ2v) is 6.00. The molecular formula is C20H22N2O. The van der Waals surface area contributed by atoms with E-state index < -0.39 is 0 Å². The molecule has 0 aliphatic heterocycles. The molecule has 3 heteroatoms. The molecule has 1 atom stereocenters. The number of hydrogen-bond acceptors (Lipinski definition) is 1. The zero-order valence-electron chi connectivity index (χ0n) is 13.4. The van der Waals surface area contributed by atoms with Crippen LogP contribution in [0.2, 0.25) is 0 Å². The Kier molecular flexibility index (Phi) is 4.77. The van der Waals surface area contributed by atoms with Gasteiger partial charge in [-0.2, -0.15) is 0 Å². The summed E-state index contributed by atoms with van der Waals surface area (Å²) in [4.78, 5) is 12.2. The number of aryl methyl sites for hydroxylation is 1. The van der Waals surface area contributed by atoms with E-state index in [9.17, 15) is 4.79 Å². The van der Waals surface area contributed by atoms with Crippen LogP contribution in [-0.4, -0.2) is 16.5 Å². The predicted octanol–water partition coefficient (Wildman–Crippen LogP) is 3.78. The Bertz CT molecular complexity index is 776. The maximum atomic E-state index is 12.2. The number of carbonyl (C=O) groups excluding carboxylic acids is 1. The normalized spacial score (nSPS) is 12.2. The Labute approximate surface area is 136 Å². The Balaban J connectivity index is 1.52. The number of amides is 1. The van der Waals surface area contributed by atoms with E-state index >= 15 is 0 Å². The fourth-order valence-electron chi connectivity index (χ4n) is 2.85. The van der Waals surface area contributed by atoms with Gasteiger partial charge >= 0.3 is 0 Å². The van der Waals surface area contributed by atoms with E-state index in [1.165, 1.54) is 5.56 Å². The highest BCUT2D eigenvalue weighted by Crippen LogP contribution is 2.14. The van der Waals surface area contributed by atoms with E-state index in [4.69, 9.17) is 0 Å². The van der Waals surface area contributed by atoms with Crippen LogP contribution in [0.5, 0.6) is 0 Å². The number of carbonyl (C=O) groups is 1. The number of rotatable bonds is 6. The van der Waals surface area contributed by atoms with Crippen molar-refractivity contribution < 1.29 is 4.79 Å². The number of benzene rings is 2. The summed E-state index contributed by atoms with van der Waals surface area (Å²) in [5.74, 6) is 0.0620. The third-order valence-corrected chi connectivity index (χ3v) is 4.11. The summed E-state index contributed by atoms with van der Waals surface area (Å²) in [6.45, 7) is 2.43. The average molecular weight is 306 g/mol. The minimum absolute atomic E-state index is 0.0620. The first kappa shape index (κ1) is 15.3. The standard InChI is InChI=1S/C20H22N2O/c1-16(11-12-17-7-3-2-4-8-17)21-20(23)15-22-14-13-18-9-5-6-10-19(18)22/h2-10,13-14,16H,11-12,15H2,1H3,(H,21,23)/t16-/m0/s1. The van der Waals surface area contributed by atoms with Crippen molar-refractivity contribution in [2.45, 2.75) is 32.4 Å². The van der Waals surface area contributed by atoms with Crippen molar-refractivity contribution in [2.75, 3.05) is 0 Å². The Morgan fingerprint density at radius 3 is 2.61 bits per heavy atom. The van der Waals surface area contributed by atoms with Gasteiger partial charge in [0.1, 0.15) is 6.54 Å². The molecule has 0 radical (unpaired) electrons. The van der Waals surface area contributed by atoms with Crippen LogP contribution in [0.1, 0.15) is 18.9 Å². The van der Waals surface area contributed by atoms with Crippen LogP contribution in [0, 0.1) is 0 Å². The van der Waals surface area contributed by atoms with Crippen LogP contribution in [0.15, 0.2) is 66.9 Å². The van der Waals surface area contributed by atoms with Gasteiger partial charge in [-0.15, -0.1) is 0 Å². The molecule has 3 aromatic rings. The fourth-order valence-corrected chi connectivity index (χ4v) is 2.85. The topological polar surface area (TPSA) is 34.0 Å². The van der Waals surface area contributed by atoms with Gasteiger partial charge in [0.05, 0.1) is 0 Å². The van der Waals surface area contributed by atoms with Gasteiger partial charge in [-0.1, -0.05) is 48.5 Å². The Morgan fingerprint density at radius 1 is 1.04 bits per heavy atom. The summed E-state index contributed by atoms with van der Waals surface area (Å²) in [5.41, 5.74) is 2.41. The first-order chi connectivity index (χ1) is 11.2. The number of nitrogens with zero attached hydrogens (tertiary/aromatic N) is 1. The van der Waals surface area contributed by atoms with Gasteiger partial charge in [-0.3, -0.25) is 4.79 Å². The van der Waals surface area contributed by atoms with Gasteiger partial charge in [0.25, 0.3) is 0 Å². The number of nitrogens with one attached hydrogen (secondary N) is 1. The molecule has 3 rings (SSSR count). The zero-order valence-corrected chi connectivity index (χ0v) is 13.4. The van der Waals surface area contributed by atoms with Gasteiger partial charge < -0.3 is 9.88 Å². The van der Waals surface area contributed by atoms with E-state index in [0.29, 0.717) is 6.54 Å². The molecule has 2 aromatic carbocycles. The van der Waals surface area contributed by atoms with E-state index in [2.05, 4.69) is 42.6 Å². The van der Waals surface area contributed by atoms with E-state index in [1.54, 1.807) is 0 Å².